The average molecular weight is 286 g/mol. The lowest BCUT2D eigenvalue weighted by molar-refractivity contribution is 0.415. The molecule has 2 aromatic carbocycles. The zero-order valence-electron chi connectivity index (χ0n) is 12.2. The van der Waals surface area contributed by atoms with Crippen LogP contribution >= 0.6 is 0 Å². The summed E-state index contributed by atoms with van der Waals surface area (Å²) in [5.41, 5.74) is 4.21. The van der Waals surface area contributed by atoms with Crippen LogP contribution in [0, 0.1) is 0 Å². The van der Waals surface area contributed by atoms with Crippen LogP contribution in [-0.2, 0) is 0 Å². The van der Waals surface area contributed by atoms with Gasteiger partial charge in [0, 0.05) is 28.7 Å². The second-order valence-electron chi connectivity index (χ2n) is 5.13. The van der Waals surface area contributed by atoms with Gasteiger partial charge in [-0.1, -0.05) is 30.3 Å². The molecule has 0 aliphatic carbocycles. The van der Waals surface area contributed by atoms with Crippen molar-refractivity contribution in [1.82, 2.24) is 9.97 Å². The van der Waals surface area contributed by atoms with Crippen molar-refractivity contribution >= 4 is 21.8 Å². The maximum atomic E-state index is 5.38. The minimum Gasteiger partial charge on any atom is -0.497 e. The Bertz CT molecular complexity index is 965. The molecule has 0 spiro atoms. The molecule has 4 aromatic rings. The molecule has 0 amide bonds. The van der Waals surface area contributed by atoms with E-state index in [0.29, 0.717) is 0 Å². The summed E-state index contributed by atoms with van der Waals surface area (Å²) in [4.78, 5) is 9.02. The van der Waals surface area contributed by atoms with Crippen molar-refractivity contribution in [3.63, 3.8) is 0 Å². The number of methoxy groups -OCH3 is 1. The molecule has 3 nitrogen and oxygen atoms in total. The van der Waals surface area contributed by atoms with Gasteiger partial charge in [-0.3, -0.25) is 4.98 Å². The summed E-state index contributed by atoms with van der Waals surface area (Å²) in [7, 11) is 1.68. The Morgan fingerprint density at radius 3 is 2.50 bits per heavy atom. The molecule has 0 N–H and O–H groups in total. The molecular weight excluding hydrogens is 272 g/mol. The largest absolute Gasteiger partial charge is 0.497 e. The van der Waals surface area contributed by atoms with Crippen LogP contribution in [0.25, 0.3) is 32.9 Å². The van der Waals surface area contributed by atoms with Gasteiger partial charge in [-0.2, -0.15) is 0 Å². The first kappa shape index (κ1) is 12.8. The summed E-state index contributed by atoms with van der Waals surface area (Å²) in [5, 5.41) is 2.13. The molecule has 0 bridgehead atoms. The molecule has 106 valence electrons. The first-order valence-corrected chi connectivity index (χ1v) is 7.14. The van der Waals surface area contributed by atoms with E-state index in [1.54, 1.807) is 13.3 Å². The van der Waals surface area contributed by atoms with Crippen LogP contribution in [0.15, 0.2) is 67.0 Å². The highest BCUT2D eigenvalue weighted by Crippen LogP contribution is 2.35. The van der Waals surface area contributed by atoms with E-state index in [1.165, 1.54) is 0 Å². The topological polar surface area (TPSA) is 35.0 Å². The van der Waals surface area contributed by atoms with Gasteiger partial charge in [0.15, 0.2) is 0 Å². The van der Waals surface area contributed by atoms with Gasteiger partial charge in [-0.25, -0.2) is 4.98 Å². The Labute approximate surface area is 128 Å². The number of fused-ring (bicyclic) bond motifs is 2. The van der Waals surface area contributed by atoms with E-state index >= 15 is 0 Å². The van der Waals surface area contributed by atoms with Crippen molar-refractivity contribution in [3.05, 3.63) is 67.0 Å². The van der Waals surface area contributed by atoms with E-state index in [9.17, 15) is 0 Å². The van der Waals surface area contributed by atoms with Gasteiger partial charge in [0.1, 0.15) is 5.75 Å². The molecule has 2 aromatic heterocycles. The van der Waals surface area contributed by atoms with Crippen LogP contribution in [-0.4, -0.2) is 17.1 Å². The second-order valence-corrected chi connectivity index (χ2v) is 5.13. The van der Waals surface area contributed by atoms with Crippen LogP contribution in [0.5, 0.6) is 5.75 Å². The number of pyridine rings is 2. The lowest BCUT2D eigenvalue weighted by Crippen LogP contribution is -1.91. The molecule has 0 aliphatic rings. The van der Waals surface area contributed by atoms with Crippen molar-refractivity contribution in [3.8, 4) is 16.9 Å². The van der Waals surface area contributed by atoms with Gasteiger partial charge >= 0.3 is 0 Å². The molecular formula is C19H14N2O. The van der Waals surface area contributed by atoms with Crippen LogP contribution in [0.4, 0.5) is 0 Å². The third-order valence-corrected chi connectivity index (χ3v) is 3.84. The average Bonchev–Trinajstić information content (AvgIpc) is 2.60. The SMILES string of the molecule is COc1ccc2nc3ccncc3c(-c3ccccc3)c2c1. The van der Waals surface area contributed by atoms with E-state index in [-0.39, 0.29) is 0 Å². The van der Waals surface area contributed by atoms with E-state index in [2.05, 4.69) is 17.1 Å². The van der Waals surface area contributed by atoms with Crippen molar-refractivity contribution in [2.24, 2.45) is 0 Å². The Morgan fingerprint density at radius 2 is 1.68 bits per heavy atom. The predicted molar refractivity (Wildman–Crippen MR) is 89.0 cm³/mol. The van der Waals surface area contributed by atoms with Crippen LogP contribution in [0.3, 0.4) is 0 Å². The lowest BCUT2D eigenvalue weighted by atomic mass is 9.97. The fraction of sp³-hybridized carbons (Fsp3) is 0.0526. The highest BCUT2D eigenvalue weighted by atomic mass is 16.5. The summed E-state index contributed by atoms with van der Waals surface area (Å²) in [6, 6.07) is 18.3. The maximum absolute atomic E-state index is 5.38. The fourth-order valence-corrected chi connectivity index (χ4v) is 2.81. The molecule has 0 aliphatic heterocycles. The molecule has 0 unspecified atom stereocenters. The van der Waals surface area contributed by atoms with E-state index in [1.807, 2.05) is 48.7 Å². The van der Waals surface area contributed by atoms with Gasteiger partial charge in [0.05, 0.1) is 18.1 Å². The van der Waals surface area contributed by atoms with Crippen molar-refractivity contribution in [1.29, 1.82) is 0 Å². The summed E-state index contributed by atoms with van der Waals surface area (Å²) < 4.78 is 5.38. The molecule has 0 atom stereocenters. The molecule has 4 rings (SSSR count). The number of aromatic nitrogens is 2. The maximum Gasteiger partial charge on any atom is 0.119 e. The smallest absolute Gasteiger partial charge is 0.119 e. The molecule has 0 radical (unpaired) electrons. The summed E-state index contributed by atoms with van der Waals surface area (Å²) in [5.74, 6) is 0.828. The van der Waals surface area contributed by atoms with Crippen LogP contribution < -0.4 is 4.74 Å². The normalized spacial score (nSPS) is 11.0. The number of benzene rings is 2. The Balaban J connectivity index is 2.20. The number of hydrogen-bond acceptors (Lipinski definition) is 3. The van der Waals surface area contributed by atoms with E-state index in [4.69, 9.17) is 9.72 Å². The van der Waals surface area contributed by atoms with Crippen molar-refractivity contribution < 1.29 is 4.74 Å². The fourth-order valence-electron chi connectivity index (χ4n) is 2.81. The summed E-state index contributed by atoms with van der Waals surface area (Å²) in [6.07, 6.45) is 3.66. The van der Waals surface area contributed by atoms with Gasteiger partial charge < -0.3 is 4.74 Å². The van der Waals surface area contributed by atoms with Crippen LogP contribution in [0.2, 0.25) is 0 Å². The lowest BCUT2D eigenvalue weighted by Gasteiger charge is -2.12. The standard InChI is InChI=1S/C19H14N2O/c1-22-14-7-8-17-15(11-14)19(13-5-3-2-4-6-13)16-12-20-10-9-18(16)21-17/h2-12H,1H3. The number of ether oxygens (including phenoxy) is 1. The minimum absolute atomic E-state index is 0.828. The predicted octanol–water partition coefficient (Wildman–Crippen LogP) is 4.46. The Kier molecular flexibility index (Phi) is 2.97. The summed E-state index contributed by atoms with van der Waals surface area (Å²) >= 11 is 0. The zero-order chi connectivity index (χ0) is 14.9. The highest BCUT2D eigenvalue weighted by Gasteiger charge is 2.11. The quantitative estimate of drug-likeness (QED) is 0.510. The molecule has 22 heavy (non-hydrogen) atoms. The molecule has 0 saturated heterocycles. The van der Waals surface area contributed by atoms with E-state index < -0.39 is 0 Å². The number of rotatable bonds is 2. The van der Waals surface area contributed by atoms with Crippen molar-refractivity contribution in [2.75, 3.05) is 7.11 Å². The van der Waals surface area contributed by atoms with Gasteiger partial charge in [-0.15, -0.1) is 0 Å². The minimum atomic E-state index is 0.828. The van der Waals surface area contributed by atoms with Crippen LogP contribution in [0.1, 0.15) is 0 Å². The third-order valence-electron chi connectivity index (χ3n) is 3.84. The molecule has 0 saturated carbocycles. The molecule has 3 heteroatoms. The van der Waals surface area contributed by atoms with E-state index in [0.717, 1.165) is 38.7 Å². The third kappa shape index (κ3) is 1.99. The van der Waals surface area contributed by atoms with Gasteiger partial charge in [0.2, 0.25) is 0 Å². The van der Waals surface area contributed by atoms with Gasteiger partial charge in [0.25, 0.3) is 0 Å². The Morgan fingerprint density at radius 1 is 0.864 bits per heavy atom. The molecule has 0 fully saturated rings. The summed E-state index contributed by atoms with van der Waals surface area (Å²) in [6.45, 7) is 0. The first-order chi connectivity index (χ1) is 10.9. The monoisotopic (exact) mass is 286 g/mol. The first-order valence-electron chi connectivity index (χ1n) is 7.14. The highest BCUT2D eigenvalue weighted by molar-refractivity contribution is 6.09. The van der Waals surface area contributed by atoms with Crippen molar-refractivity contribution in [2.45, 2.75) is 0 Å². The number of hydrogen-bond donors (Lipinski definition) is 0. The van der Waals surface area contributed by atoms with Gasteiger partial charge in [-0.05, 0) is 29.8 Å². The zero-order valence-corrected chi connectivity index (χ0v) is 12.2. The number of nitrogens with zero attached hydrogens (tertiary/aromatic N) is 2. The Hall–Kier alpha value is -2.94. The second kappa shape index (κ2) is 5.11. The molecule has 2 heterocycles.